The highest BCUT2D eigenvalue weighted by atomic mass is 32.1. The van der Waals surface area contributed by atoms with Crippen LogP contribution < -0.4 is 5.32 Å². The lowest BCUT2D eigenvalue weighted by molar-refractivity contribution is -0.121. The number of nitrogens with one attached hydrogen (secondary N) is 1. The van der Waals surface area contributed by atoms with Gasteiger partial charge in [-0.25, -0.2) is 0 Å². The van der Waals surface area contributed by atoms with Gasteiger partial charge in [-0.3, -0.25) is 9.59 Å². The number of amides is 1. The average Bonchev–Trinajstić information content (AvgIpc) is 2.62. The number of unbranched alkanes of at least 4 members (excludes halogenated alkanes) is 14. The Labute approximate surface area is 167 Å². The van der Waals surface area contributed by atoms with E-state index in [2.05, 4.69) is 24.9 Å². The Kier molecular flexibility index (Phi) is 18.9. The normalized spacial score (nSPS) is 12.1. The highest BCUT2D eigenvalue weighted by Crippen LogP contribution is 2.13. The Morgan fingerprint density at radius 3 is 1.50 bits per heavy atom. The van der Waals surface area contributed by atoms with Crippen LogP contribution >= 0.6 is 12.6 Å². The lowest BCUT2D eigenvalue weighted by atomic mass is 10.0. The van der Waals surface area contributed by atoms with Crippen molar-refractivity contribution in [3.05, 3.63) is 0 Å². The van der Waals surface area contributed by atoms with Crippen molar-refractivity contribution in [3.8, 4) is 0 Å². The second kappa shape index (κ2) is 19.3. The molecule has 1 amide bonds. The number of rotatable bonds is 19. The largest absolute Gasteiger partial charge is 0.355 e. The molecule has 0 fully saturated rings. The molecule has 0 aliphatic carbocycles. The zero-order valence-electron chi connectivity index (χ0n) is 17.4. The quantitative estimate of drug-likeness (QED) is 0.198. The molecule has 0 aliphatic rings. The molecule has 0 aliphatic heterocycles. The third-order valence-electron chi connectivity index (χ3n) is 5.03. The summed E-state index contributed by atoms with van der Waals surface area (Å²) in [4.78, 5) is 22.6. The van der Waals surface area contributed by atoms with Crippen molar-refractivity contribution < 1.29 is 9.59 Å². The summed E-state index contributed by atoms with van der Waals surface area (Å²) in [5.74, 6) is -0.149. The van der Waals surface area contributed by atoms with Crippen LogP contribution in [0.2, 0.25) is 0 Å². The molecule has 0 radical (unpaired) electrons. The van der Waals surface area contributed by atoms with Gasteiger partial charge in [0.1, 0.15) is 0 Å². The van der Waals surface area contributed by atoms with Crippen molar-refractivity contribution in [2.45, 2.75) is 117 Å². The minimum Gasteiger partial charge on any atom is -0.355 e. The van der Waals surface area contributed by atoms with E-state index in [0.29, 0.717) is 13.0 Å². The van der Waals surface area contributed by atoms with Gasteiger partial charge in [-0.1, -0.05) is 104 Å². The van der Waals surface area contributed by atoms with Crippen molar-refractivity contribution in [2.24, 2.45) is 5.92 Å². The molecular formula is C22H43NO2S. The van der Waals surface area contributed by atoms with Crippen LogP contribution in [0.1, 0.15) is 117 Å². The number of carbonyl (C=O) groups excluding carboxylic acids is 2. The summed E-state index contributed by atoms with van der Waals surface area (Å²) in [7, 11) is 0. The lowest BCUT2D eigenvalue weighted by Gasteiger charge is -2.08. The van der Waals surface area contributed by atoms with Gasteiger partial charge >= 0.3 is 0 Å². The molecule has 0 bridgehead atoms. The Balaban J connectivity index is 3.19. The molecule has 1 unspecified atom stereocenters. The van der Waals surface area contributed by atoms with Crippen molar-refractivity contribution in [3.63, 3.8) is 0 Å². The monoisotopic (exact) mass is 385 g/mol. The predicted molar refractivity (Wildman–Crippen MR) is 116 cm³/mol. The fourth-order valence-corrected chi connectivity index (χ4v) is 3.19. The molecule has 0 spiro atoms. The molecule has 1 N–H and O–H groups in total. The molecule has 154 valence electrons. The van der Waals surface area contributed by atoms with E-state index < -0.39 is 0 Å². The van der Waals surface area contributed by atoms with Crippen LogP contribution in [0.3, 0.4) is 0 Å². The highest BCUT2D eigenvalue weighted by molar-refractivity contribution is 7.96. The Bertz CT molecular complexity index is 347. The number of hydrogen-bond acceptors (Lipinski definition) is 2. The topological polar surface area (TPSA) is 46.2 Å². The summed E-state index contributed by atoms with van der Waals surface area (Å²) in [6.07, 6.45) is 20.5. The average molecular weight is 386 g/mol. The van der Waals surface area contributed by atoms with E-state index in [1.165, 1.54) is 83.5 Å². The van der Waals surface area contributed by atoms with Crippen LogP contribution in [0.25, 0.3) is 0 Å². The molecule has 0 aromatic carbocycles. The van der Waals surface area contributed by atoms with E-state index in [4.69, 9.17) is 0 Å². The predicted octanol–water partition coefficient (Wildman–Crippen LogP) is 6.46. The van der Waals surface area contributed by atoms with Crippen LogP contribution in [0.5, 0.6) is 0 Å². The molecule has 3 nitrogen and oxygen atoms in total. The van der Waals surface area contributed by atoms with Gasteiger partial charge in [0.2, 0.25) is 5.91 Å². The molecule has 4 heteroatoms. The summed E-state index contributed by atoms with van der Waals surface area (Å²) in [5, 5.41) is 2.64. The van der Waals surface area contributed by atoms with Gasteiger partial charge in [-0.15, -0.1) is 12.6 Å². The van der Waals surface area contributed by atoms with Crippen molar-refractivity contribution in [1.29, 1.82) is 0 Å². The van der Waals surface area contributed by atoms with E-state index in [1.807, 2.05) is 0 Å². The maximum Gasteiger partial charge on any atom is 0.220 e. The first-order valence-corrected chi connectivity index (χ1v) is 11.5. The van der Waals surface area contributed by atoms with Gasteiger partial charge < -0.3 is 5.32 Å². The molecule has 26 heavy (non-hydrogen) atoms. The van der Waals surface area contributed by atoms with E-state index in [9.17, 15) is 9.59 Å². The van der Waals surface area contributed by atoms with Gasteiger partial charge in [0.15, 0.2) is 5.12 Å². The van der Waals surface area contributed by atoms with Crippen LogP contribution in [-0.2, 0) is 9.59 Å². The maximum absolute atomic E-state index is 11.7. The molecule has 0 saturated carbocycles. The van der Waals surface area contributed by atoms with Gasteiger partial charge in [-0.05, 0) is 6.42 Å². The molecule has 0 aromatic rings. The third kappa shape index (κ3) is 18.3. The summed E-state index contributed by atoms with van der Waals surface area (Å²) in [6, 6.07) is 0. The van der Waals surface area contributed by atoms with Crippen LogP contribution in [-0.4, -0.2) is 17.6 Å². The Morgan fingerprint density at radius 1 is 0.731 bits per heavy atom. The molecule has 0 saturated heterocycles. The first kappa shape index (κ1) is 25.5. The van der Waals surface area contributed by atoms with Crippen LogP contribution in [0.15, 0.2) is 0 Å². The van der Waals surface area contributed by atoms with Crippen LogP contribution in [0.4, 0.5) is 0 Å². The number of hydrogen-bond donors (Lipinski definition) is 2. The van der Waals surface area contributed by atoms with Gasteiger partial charge in [0.25, 0.3) is 0 Å². The lowest BCUT2D eigenvalue weighted by Crippen LogP contribution is -2.30. The van der Waals surface area contributed by atoms with Crippen molar-refractivity contribution in [1.82, 2.24) is 5.32 Å². The summed E-state index contributed by atoms with van der Waals surface area (Å²) < 4.78 is 0. The molecule has 0 rings (SSSR count). The van der Waals surface area contributed by atoms with Gasteiger partial charge in [-0.2, -0.15) is 0 Å². The Hall–Kier alpha value is -0.510. The fraction of sp³-hybridized carbons (Fsp3) is 0.909. The van der Waals surface area contributed by atoms with E-state index in [1.54, 1.807) is 6.92 Å². The third-order valence-corrected chi connectivity index (χ3v) is 5.48. The van der Waals surface area contributed by atoms with E-state index in [-0.39, 0.29) is 16.9 Å². The van der Waals surface area contributed by atoms with Gasteiger partial charge in [0.05, 0.1) is 0 Å². The zero-order valence-corrected chi connectivity index (χ0v) is 18.3. The zero-order chi connectivity index (χ0) is 19.5. The van der Waals surface area contributed by atoms with Gasteiger partial charge in [0, 0.05) is 18.9 Å². The van der Waals surface area contributed by atoms with Crippen LogP contribution in [0, 0.1) is 5.92 Å². The molecular weight excluding hydrogens is 342 g/mol. The van der Waals surface area contributed by atoms with Crippen molar-refractivity contribution >= 4 is 23.7 Å². The minimum absolute atomic E-state index is 0.0566. The first-order chi connectivity index (χ1) is 12.6. The molecule has 0 heterocycles. The Morgan fingerprint density at radius 2 is 1.12 bits per heavy atom. The maximum atomic E-state index is 11.7. The first-order valence-electron chi connectivity index (χ1n) is 11.1. The fourth-order valence-electron chi connectivity index (χ4n) is 3.10. The minimum atomic E-state index is -0.205. The smallest absolute Gasteiger partial charge is 0.220 e. The number of thiol groups is 1. The molecule has 1 atom stereocenters. The van der Waals surface area contributed by atoms with E-state index >= 15 is 0 Å². The standard InChI is InChI=1S/C22H43NO2S/c1-3-4-5-6-7-8-9-10-11-12-13-14-15-16-17-18-21(24)23-19-20(2)22(25)26/h20H,3-19H2,1-2H3,(H,23,24)(H,25,26). The van der Waals surface area contributed by atoms with Crippen molar-refractivity contribution in [2.75, 3.05) is 6.54 Å². The van der Waals surface area contributed by atoms with E-state index in [0.717, 1.165) is 12.8 Å². The second-order valence-electron chi connectivity index (χ2n) is 7.74. The highest BCUT2D eigenvalue weighted by Gasteiger charge is 2.09. The summed E-state index contributed by atoms with van der Waals surface area (Å²) in [5.41, 5.74) is 0. The summed E-state index contributed by atoms with van der Waals surface area (Å²) >= 11 is 3.77. The molecule has 0 aromatic heterocycles. The number of carbonyl (C=O) groups is 2. The second-order valence-corrected chi connectivity index (χ2v) is 8.18. The summed E-state index contributed by atoms with van der Waals surface area (Å²) in [6.45, 7) is 4.46. The SMILES string of the molecule is CCCCCCCCCCCCCCCCCC(=O)NCC(C)C(=O)S.